The van der Waals surface area contributed by atoms with E-state index in [-0.39, 0.29) is 5.82 Å². The monoisotopic (exact) mass is 425 g/mol. The molecule has 2 N–H and O–H groups in total. The van der Waals surface area contributed by atoms with Crippen LogP contribution in [0.25, 0.3) is 17.0 Å². The average Bonchev–Trinajstić information content (AvgIpc) is 3.25. The first kappa shape index (κ1) is 20.0. The fourth-order valence-corrected chi connectivity index (χ4v) is 2.72. The van der Waals surface area contributed by atoms with E-state index in [9.17, 15) is 13.2 Å². The Morgan fingerprint density at radius 3 is 2.48 bits per heavy atom. The summed E-state index contributed by atoms with van der Waals surface area (Å²) in [6.07, 6.45) is -1.56. The lowest BCUT2D eigenvalue weighted by Crippen LogP contribution is -2.16. The summed E-state index contributed by atoms with van der Waals surface area (Å²) < 4.78 is 39.8. The highest BCUT2D eigenvalue weighted by molar-refractivity contribution is 5.66. The predicted octanol–water partition coefficient (Wildman–Crippen LogP) is 3.00. The van der Waals surface area contributed by atoms with Crippen LogP contribution in [0.3, 0.4) is 0 Å². The highest BCUT2D eigenvalue weighted by Crippen LogP contribution is 2.30. The number of hydrogen-bond donors (Lipinski definition) is 2. The van der Waals surface area contributed by atoms with Crippen LogP contribution in [-0.4, -0.2) is 42.9 Å². The van der Waals surface area contributed by atoms with Crippen LogP contribution in [0.5, 0.6) is 0 Å². The summed E-state index contributed by atoms with van der Waals surface area (Å²) in [6.45, 7) is 0.923. The lowest BCUT2D eigenvalue weighted by atomic mass is 10.1. The van der Waals surface area contributed by atoms with Crippen molar-refractivity contribution in [3.8, 4) is 17.5 Å². The number of fused-ring (bicyclic) bond motifs is 1. The van der Waals surface area contributed by atoms with Crippen molar-refractivity contribution in [1.29, 1.82) is 5.26 Å². The molecule has 1 aromatic carbocycles. The molecule has 0 aliphatic rings. The summed E-state index contributed by atoms with van der Waals surface area (Å²) in [5.41, 5.74) is 0.524. The lowest BCUT2D eigenvalue weighted by Gasteiger charge is -2.10. The molecule has 0 saturated heterocycles. The Balaban J connectivity index is 1.48. The van der Waals surface area contributed by atoms with Gasteiger partial charge in [-0.15, -0.1) is 15.3 Å². The molecule has 31 heavy (non-hydrogen) atoms. The SMILES string of the molecule is N#Cc1ccc(NCCNc2nc(-c3ccc(C(F)(F)F)cc3)nn3cnnc23)nc1. The zero-order valence-corrected chi connectivity index (χ0v) is 15.8. The fourth-order valence-electron chi connectivity index (χ4n) is 2.72. The van der Waals surface area contributed by atoms with E-state index in [0.29, 0.717) is 41.5 Å². The summed E-state index contributed by atoms with van der Waals surface area (Å²) in [4.78, 5) is 8.52. The second-order valence-corrected chi connectivity index (χ2v) is 6.36. The Labute approximate surface area is 173 Å². The summed E-state index contributed by atoms with van der Waals surface area (Å²) >= 11 is 0. The third kappa shape index (κ3) is 4.50. The lowest BCUT2D eigenvalue weighted by molar-refractivity contribution is -0.137. The molecular weight excluding hydrogens is 411 g/mol. The van der Waals surface area contributed by atoms with E-state index in [0.717, 1.165) is 12.1 Å². The van der Waals surface area contributed by atoms with Gasteiger partial charge in [0.15, 0.2) is 11.6 Å². The van der Waals surface area contributed by atoms with Crippen molar-refractivity contribution in [2.24, 2.45) is 0 Å². The maximum absolute atomic E-state index is 12.8. The third-order valence-electron chi connectivity index (χ3n) is 4.25. The number of nitrogens with one attached hydrogen (secondary N) is 2. The Bertz CT molecular complexity index is 1230. The molecule has 0 saturated carbocycles. The summed E-state index contributed by atoms with van der Waals surface area (Å²) in [7, 11) is 0. The van der Waals surface area contributed by atoms with Gasteiger partial charge in [0, 0.05) is 24.8 Å². The second-order valence-electron chi connectivity index (χ2n) is 6.36. The Hall–Kier alpha value is -4.27. The first-order valence-electron chi connectivity index (χ1n) is 9.03. The van der Waals surface area contributed by atoms with Gasteiger partial charge < -0.3 is 10.6 Å². The van der Waals surface area contributed by atoms with Gasteiger partial charge in [0.25, 0.3) is 0 Å². The molecule has 0 aliphatic carbocycles. The number of pyridine rings is 1. The number of benzene rings is 1. The van der Waals surface area contributed by atoms with Crippen LogP contribution in [0, 0.1) is 11.3 Å². The molecule has 9 nitrogen and oxygen atoms in total. The van der Waals surface area contributed by atoms with Gasteiger partial charge in [-0.05, 0) is 24.3 Å². The van der Waals surface area contributed by atoms with Crippen molar-refractivity contribution in [2.75, 3.05) is 23.7 Å². The standard InChI is InChI=1S/C19H14F3N9/c20-19(21,22)14-4-2-13(3-5-14)16-28-17(18-29-27-11-31(18)30-16)25-8-7-24-15-6-1-12(9-23)10-26-15/h1-6,10-11H,7-8H2,(H,24,26)(H,25,28,30). The van der Waals surface area contributed by atoms with Gasteiger partial charge >= 0.3 is 6.18 Å². The minimum absolute atomic E-state index is 0.227. The van der Waals surface area contributed by atoms with E-state index < -0.39 is 11.7 Å². The number of nitriles is 1. The van der Waals surface area contributed by atoms with Crippen LogP contribution < -0.4 is 10.6 Å². The van der Waals surface area contributed by atoms with Crippen LogP contribution >= 0.6 is 0 Å². The molecule has 3 aromatic heterocycles. The van der Waals surface area contributed by atoms with Crippen LogP contribution in [0.15, 0.2) is 48.9 Å². The molecule has 4 aromatic rings. The van der Waals surface area contributed by atoms with Crippen LogP contribution in [0.1, 0.15) is 11.1 Å². The van der Waals surface area contributed by atoms with Crippen molar-refractivity contribution < 1.29 is 13.2 Å². The number of anilines is 2. The number of rotatable bonds is 6. The van der Waals surface area contributed by atoms with Crippen molar-refractivity contribution >= 4 is 17.3 Å². The number of alkyl halides is 3. The number of nitrogens with zero attached hydrogens (tertiary/aromatic N) is 7. The van der Waals surface area contributed by atoms with Gasteiger partial charge in [-0.25, -0.2) is 9.97 Å². The van der Waals surface area contributed by atoms with Crippen molar-refractivity contribution in [1.82, 2.24) is 29.8 Å². The van der Waals surface area contributed by atoms with Crippen LogP contribution in [0.2, 0.25) is 0 Å². The first-order chi connectivity index (χ1) is 14.9. The molecule has 4 rings (SSSR count). The van der Waals surface area contributed by atoms with Gasteiger partial charge in [-0.1, -0.05) is 12.1 Å². The van der Waals surface area contributed by atoms with Gasteiger partial charge in [0.05, 0.1) is 11.1 Å². The Kier molecular flexibility index (Phi) is 5.31. The first-order valence-corrected chi connectivity index (χ1v) is 9.03. The number of aromatic nitrogens is 6. The number of hydrogen-bond acceptors (Lipinski definition) is 8. The predicted molar refractivity (Wildman–Crippen MR) is 105 cm³/mol. The molecule has 0 fully saturated rings. The van der Waals surface area contributed by atoms with Crippen molar-refractivity contribution in [2.45, 2.75) is 6.18 Å². The van der Waals surface area contributed by atoms with Gasteiger partial charge in [-0.3, -0.25) is 0 Å². The molecule has 0 spiro atoms. The Morgan fingerprint density at radius 2 is 1.81 bits per heavy atom. The largest absolute Gasteiger partial charge is 0.416 e. The topological polar surface area (TPSA) is 117 Å². The molecule has 156 valence electrons. The molecule has 0 unspecified atom stereocenters. The highest BCUT2D eigenvalue weighted by Gasteiger charge is 2.30. The molecular formula is C19H14F3N9. The van der Waals surface area contributed by atoms with E-state index in [2.05, 4.69) is 35.9 Å². The molecule has 0 amide bonds. The van der Waals surface area contributed by atoms with E-state index in [1.165, 1.54) is 29.2 Å². The maximum atomic E-state index is 12.8. The van der Waals surface area contributed by atoms with Crippen molar-refractivity contribution in [3.05, 3.63) is 60.0 Å². The maximum Gasteiger partial charge on any atom is 0.416 e. The molecule has 0 radical (unpaired) electrons. The molecule has 3 heterocycles. The van der Waals surface area contributed by atoms with E-state index >= 15 is 0 Å². The summed E-state index contributed by atoms with van der Waals surface area (Å²) in [6, 6.07) is 9.95. The molecule has 12 heteroatoms. The minimum atomic E-state index is -4.42. The molecule has 0 aliphatic heterocycles. The van der Waals surface area contributed by atoms with E-state index in [1.807, 2.05) is 6.07 Å². The quantitative estimate of drug-likeness (QED) is 0.453. The summed E-state index contributed by atoms with van der Waals surface area (Å²) in [5.74, 6) is 1.23. The zero-order chi connectivity index (χ0) is 21.8. The smallest absolute Gasteiger partial charge is 0.368 e. The van der Waals surface area contributed by atoms with E-state index in [1.54, 1.807) is 12.1 Å². The van der Waals surface area contributed by atoms with Crippen LogP contribution in [0.4, 0.5) is 24.8 Å². The molecule has 0 bridgehead atoms. The van der Waals surface area contributed by atoms with Gasteiger partial charge in [0.2, 0.25) is 5.65 Å². The highest BCUT2D eigenvalue weighted by atomic mass is 19.4. The number of halogens is 3. The minimum Gasteiger partial charge on any atom is -0.368 e. The summed E-state index contributed by atoms with van der Waals surface area (Å²) in [5, 5.41) is 27.0. The van der Waals surface area contributed by atoms with Gasteiger partial charge in [0.1, 0.15) is 18.2 Å². The average molecular weight is 425 g/mol. The second kappa shape index (κ2) is 8.23. The zero-order valence-electron chi connectivity index (χ0n) is 15.8. The molecule has 0 atom stereocenters. The van der Waals surface area contributed by atoms with E-state index in [4.69, 9.17) is 5.26 Å². The Morgan fingerprint density at radius 1 is 1.03 bits per heavy atom. The van der Waals surface area contributed by atoms with Crippen molar-refractivity contribution in [3.63, 3.8) is 0 Å². The van der Waals surface area contributed by atoms with Crippen LogP contribution in [-0.2, 0) is 6.18 Å². The third-order valence-corrected chi connectivity index (χ3v) is 4.25. The fraction of sp³-hybridized carbons (Fsp3) is 0.158. The van der Waals surface area contributed by atoms with Gasteiger partial charge in [-0.2, -0.15) is 22.9 Å². The normalized spacial score (nSPS) is 11.3.